The van der Waals surface area contributed by atoms with E-state index in [4.69, 9.17) is 5.73 Å². The molecule has 3 nitrogen and oxygen atoms in total. The summed E-state index contributed by atoms with van der Waals surface area (Å²) in [6, 6.07) is 14.6. The van der Waals surface area contributed by atoms with Crippen molar-refractivity contribution >= 4 is 16.5 Å². The molecule has 1 atom stereocenters. The normalized spacial score (nSPS) is 18.7. The highest BCUT2D eigenvalue weighted by Crippen LogP contribution is 2.32. The van der Waals surface area contributed by atoms with Gasteiger partial charge in [-0.05, 0) is 43.9 Å². The number of benzene rings is 2. The molecule has 1 saturated heterocycles. The number of rotatable bonds is 3. The molecule has 1 unspecified atom stereocenters. The van der Waals surface area contributed by atoms with Crippen LogP contribution in [0.5, 0.6) is 0 Å². The molecule has 21 heavy (non-hydrogen) atoms. The zero-order valence-electron chi connectivity index (χ0n) is 12.3. The lowest BCUT2D eigenvalue weighted by Crippen LogP contribution is -2.36. The van der Waals surface area contributed by atoms with Gasteiger partial charge in [-0.1, -0.05) is 24.3 Å². The molecule has 0 aliphatic carbocycles. The van der Waals surface area contributed by atoms with E-state index in [0.29, 0.717) is 5.92 Å². The molecular formula is C18H21N3. The van der Waals surface area contributed by atoms with Crippen LogP contribution in [0.15, 0.2) is 36.4 Å². The predicted molar refractivity (Wildman–Crippen MR) is 87.3 cm³/mol. The van der Waals surface area contributed by atoms with Crippen molar-refractivity contribution in [2.75, 3.05) is 24.5 Å². The van der Waals surface area contributed by atoms with Crippen LogP contribution in [-0.4, -0.2) is 19.6 Å². The molecule has 3 heteroatoms. The van der Waals surface area contributed by atoms with Crippen LogP contribution < -0.4 is 10.6 Å². The summed E-state index contributed by atoms with van der Waals surface area (Å²) in [6.07, 6.45) is 3.60. The molecule has 2 aromatic rings. The number of fused-ring (bicyclic) bond motifs is 1. The van der Waals surface area contributed by atoms with Gasteiger partial charge in [0.15, 0.2) is 0 Å². The van der Waals surface area contributed by atoms with Crippen LogP contribution >= 0.6 is 0 Å². The maximum Gasteiger partial charge on any atom is 0.0998 e. The summed E-state index contributed by atoms with van der Waals surface area (Å²) in [5.41, 5.74) is 7.73. The van der Waals surface area contributed by atoms with Crippen molar-refractivity contribution < 1.29 is 0 Å². The highest BCUT2D eigenvalue weighted by molar-refractivity contribution is 5.97. The van der Waals surface area contributed by atoms with Gasteiger partial charge in [-0.15, -0.1) is 0 Å². The minimum absolute atomic E-state index is 0.693. The zero-order valence-corrected chi connectivity index (χ0v) is 12.3. The number of piperidine rings is 1. The van der Waals surface area contributed by atoms with Crippen molar-refractivity contribution in [3.8, 4) is 6.07 Å². The minimum atomic E-state index is 0.693. The zero-order chi connectivity index (χ0) is 14.7. The van der Waals surface area contributed by atoms with E-state index < -0.39 is 0 Å². The molecule has 3 rings (SSSR count). The minimum Gasteiger partial charge on any atom is -0.371 e. The number of nitriles is 1. The average Bonchev–Trinajstić information content (AvgIpc) is 2.54. The second kappa shape index (κ2) is 6.15. The van der Waals surface area contributed by atoms with E-state index in [2.05, 4.69) is 23.1 Å². The Hall–Kier alpha value is -2.05. The van der Waals surface area contributed by atoms with E-state index in [1.165, 1.54) is 23.9 Å². The van der Waals surface area contributed by atoms with Gasteiger partial charge in [0.2, 0.25) is 0 Å². The predicted octanol–water partition coefficient (Wildman–Crippen LogP) is 3.28. The first kappa shape index (κ1) is 13.9. The van der Waals surface area contributed by atoms with Gasteiger partial charge >= 0.3 is 0 Å². The fourth-order valence-corrected chi connectivity index (χ4v) is 3.41. The molecule has 1 aliphatic rings. The molecule has 0 radical (unpaired) electrons. The molecule has 1 heterocycles. The van der Waals surface area contributed by atoms with Crippen LogP contribution in [-0.2, 0) is 0 Å². The first-order chi connectivity index (χ1) is 10.3. The van der Waals surface area contributed by atoms with E-state index >= 15 is 0 Å². The Morgan fingerprint density at radius 1 is 1.19 bits per heavy atom. The number of nitrogens with two attached hydrogens (primary N) is 1. The Morgan fingerprint density at radius 2 is 2.00 bits per heavy atom. The Kier molecular flexibility index (Phi) is 4.08. The Morgan fingerprint density at radius 3 is 2.76 bits per heavy atom. The summed E-state index contributed by atoms with van der Waals surface area (Å²) < 4.78 is 0. The topological polar surface area (TPSA) is 53.0 Å². The summed E-state index contributed by atoms with van der Waals surface area (Å²) in [4.78, 5) is 2.47. The first-order valence-corrected chi connectivity index (χ1v) is 7.70. The van der Waals surface area contributed by atoms with Gasteiger partial charge in [-0.3, -0.25) is 0 Å². The molecule has 2 aromatic carbocycles. The van der Waals surface area contributed by atoms with Crippen LogP contribution in [0, 0.1) is 17.2 Å². The lowest BCUT2D eigenvalue weighted by atomic mass is 9.93. The highest BCUT2D eigenvalue weighted by Gasteiger charge is 2.21. The third-order valence-electron chi connectivity index (χ3n) is 4.46. The fourth-order valence-electron chi connectivity index (χ4n) is 3.41. The van der Waals surface area contributed by atoms with Gasteiger partial charge in [-0.25, -0.2) is 0 Å². The molecule has 2 N–H and O–H groups in total. The Bertz CT molecular complexity index is 670. The summed E-state index contributed by atoms with van der Waals surface area (Å²) in [7, 11) is 0. The molecular weight excluding hydrogens is 258 g/mol. The van der Waals surface area contributed by atoms with Crippen molar-refractivity contribution in [1.29, 1.82) is 5.26 Å². The summed E-state index contributed by atoms with van der Waals surface area (Å²) in [5.74, 6) is 0.693. The third-order valence-corrected chi connectivity index (χ3v) is 4.46. The number of hydrogen-bond donors (Lipinski definition) is 1. The lowest BCUT2D eigenvalue weighted by Gasteiger charge is -2.35. The van der Waals surface area contributed by atoms with Gasteiger partial charge < -0.3 is 10.6 Å². The number of hydrogen-bond acceptors (Lipinski definition) is 3. The standard InChI is InChI=1S/C18H21N3/c19-10-9-14-4-3-11-21(13-14)18-8-7-15(12-20)16-5-1-2-6-17(16)18/h1-2,5-8,14H,3-4,9-11,13,19H2. The SMILES string of the molecule is N#Cc1ccc(N2CCCC(CCN)C2)c2ccccc12. The molecule has 1 aliphatic heterocycles. The average molecular weight is 279 g/mol. The summed E-state index contributed by atoms with van der Waals surface area (Å²) >= 11 is 0. The van der Waals surface area contributed by atoms with Crippen LogP contribution in [0.3, 0.4) is 0 Å². The van der Waals surface area contributed by atoms with Crippen molar-refractivity contribution in [2.45, 2.75) is 19.3 Å². The largest absolute Gasteiger partial charge is 0.371 e. The molecule has 108 valence electrons. The fraction of sp³-hybridized carbons (Fsp3) is 0.389. The van der Waals surface area contributed by atoms with Crippen LogP contribution in [0.2, 0.25) is 0 Å². The van der Waals surface area contributed by atoms with Gasteiger partial charge in [0.25, 0.3) is 0 Å². The van der Waals surface area contributed by atoms with E-state index in [-0.39, 0.29) is 0 Å². The number of anilines is 1. The Balaban J connectivity index is 1.99. The first-order valence-electron chi connectivity index (χ1n) is 7.70. The highest BCUT2D eigenvalue weighted by atomic mass is 15.1. The quantitative estimate of drug-likeness (QED) is 0.938. The van der Waals surface area contributed by atoms with Gasteiger partial charge in [0.05, 0.1) is 11.6 Å². The van der Waals surface area contributed by atoms with E-state index in [9.17, 15) is 5.26 Å². The van der Waals surface area contributed by atoms with Gasteiger partial charge in [0.1, 0.15) is 0 Å². The molecule has 0 aromatic heterocycles. The molecule has 0 spiro atoms. The van der Waals surface area contributed by atoms with Gasteiger partial charge in [0, 0.05) is 29.5 Å². The smallest absolute Gasteiger partial charge is 0.0998 e. The van der Waals surface area contributed by atoms with Crippen molar-refractivity contribution in [2.24, 2.45) is 11.7 Å². The van der Waals surface area contributed by atoms with Crippen molar-refractivity contribution in [3.63, 3.8) is 0 Å². The molecule has 0 bridgehead atoms. The molecule has 1 fully saturated rings. The maximum absolute atomic E-state index is 9.27. The third kappa shape index (κ3) is 2.72. The summed E-state index contributed by atoms with van der Waals surface area (Å²) in [5, 5.41) is 11.5. The second-order valence-corrected chi connectivity index (χ2v) is 5.82. The van der Waals surface area contributed by atoms with Gasteiger partial charge in [-0.2, -0.15) is 5.26 Å². The van der Waals surface area contributed by atoms with E-state index in [1.807, 2.05) is 24.3 Å². The monoisotopic (exact) mass is 279 g/mol. The summed E-state index contributed by atoms with van der Waals surface area (Å²) in [6.45, 7) is 2.94. The van der Waals surface area contributed by atoms with Crippen molar-refractivity contribution in [1.82, 2.24) is 0 Å². The number of nitrogens with zero attached hydrogens (tertiary/aromatic N) is 2. The van der Waals surface area contributed by atoms with E-state index in [0.717, 1.165) is 37.0 Å². The molecule has 0 saturated carbocycles. The van der Waals surface area contributed by atoms with Crippen LogP contribution in [0.1, 0.15) is 24.8 Å². The van der Waals surface area contributed by atoms with E-state index in [1.54, 1.807) is 0 Å². The molecule has 0 amide bonds. The lowest BCUT2D eigenvalue weighted by molar-refractivity contribution is 0.396. The van der Waals surface area contributed by atoms with Crippen LogP contribution in [0.4, 0.5) is 5.69 Å². The second-order valence-electron chi connectivity index (χ2n) is 5.82. The van der Waals surface area contributed by atoms with Crippen molar-refractivity contribution in [3.05, 3.63) is 42.0 Å². The maximum atomic E-state index is 9.27. The Labute approximate surface area is 126 Å². The van der Waals surface area contributed by atoms with Crippen LogP contribution in [0.25, 0.3) is 10.8 Å².